The predicted octanol–water partition coefficient (Wildman–Crippen LogP) is 4.51. The summed E-state index contributed by atoms with van der Waals surface area (Å²) in [4.78, 5) is 1.06. The van der Waals surface area contributed by atoms with Crippen LogP contribution in [-0.4, -0.2) is 8.42 Å². The number of rotatable bonds is 4. The van der Waals surface area contributed by atoms with Gasteiger partial charge in [-0.25, -0.2) is 13.1 Å². The van der Waals surface area contributed by atoms with Crippen LogP contribution in [0.15, 0.2) is 39.0 Å². The first kappa shape index (κ1) is 16.0. The summed E-state index contributed by atoms with van der Waals surface area (Å²) in [6.07, 6.45) is 0. The summed E-state index contributed by atoms with van der Waals surface area (Å²) in [6, 6.07) is 8.42. The van der Waals surface area contributed by atoms with Crippen molar-refractivity contribution >= 4 is 48.9 Å². The van der Waals surface area contributed by atoms with Gasteiger partial charge in [-0.2, -0.15) is 0 Å². The molecule has 7 heteroatoms. The third-order valence-electron chi connectivity index (χ3n) is 2.81. The van der Waals surface area contributed by atoms with Gasteiger partial charge in [-0.05, 0) is 53.5 Å². The Balaban J connectivity index is 2.27. The normalized spacial score (nSPS) is 13.4. The molecule has 1 atom stereocenters. The highest BCUT2D eigenvalue weighted by Crippen LogP contribution is 2.30. The Hall–Kier alpha value is -0.400. The number of halogens is 2. The van der Waals surface area contributed by atoms with Crippen LogP contribution in [0.25, 0.3) is 0 Å². The van der Waals surface area contributed by atoms with Gasteiger partial charge in [0.05, 0.1) is 8.68 Å². The minimum Gasteiger partial charge on any atom is -0.207 e. The van der Waals surface area contributed by atoms with Crippen LogP contribution in [-0.2, 0) is 10.0 Å². The maximum Gasteiger partial charge on any atom is 0.242 e. The summed E-state index contributed by atoms with van der Waals surface area (Å²) >= 11 is 10.6. The van der Waals surface area contributed by atoms with Gasteiger partial charge in [0.25, 0.3) is 0 Å². The lowest BCUT2D eigenvalue weighted by Crippen LogP contribution is -2.27. The van der Waals surface area contributed by atoms with E-state index in [0.29, 0.717) is 9.92 Å². The van der Waals surface area contributed by atoms with E-state index in [4.69, 9.17) is 11.6 Å². The van der Waals surface area contributed by atoms with Gasteiger partial charge in [-0.1, -0.05) is 23.7 Å². The van der Waals surface area contributed by atoms with Crippen LogP contribution in [0.4, 0.5) is 0 Å². The molecule has 1 aromatic carbocycles. The Morgan fingerprint density at radius 3 is 2.60 bits per heavy atom. The molecule has 0 radical (unpaired) electrons. The maximum atomic E-state index is 12.4. The predicted molar refractivity (Wildman–Crippen MR) is 86.9 cm³/mol. The summed E-state index contributed by atoms with van der Waals surface area (Å²) < 4.78 is 28.2. The summed E-state index contributed by atoms with van der Waals surface area (Å²) in [5.41, 5.74) is 0.827. The van der Waals surface area contributed by atoms with Crippen molar-refractivity contribution in [2.45, 2.75) is 24.8 Å². The standard InChI is InChI=1S/C13H13BrClNO2S2/c1-8(10-4-3-5-11(15)6-10)16-20(17,18)12-7-13(14)19-9(12)2/h3-8,16H,1-2H3. The summed E-state index contributed by atoms with van der Waals surface area (Å²) in [7, 11) is -3.54. The lowest BCUT2D eigenvalue weighted by molar-refractivity contribution is 0.567. The smallest absolute Gasteiger partial charge is 0.207 e. The Kier molecular flexibility index (Phi) is 4.92. The van der Waals surface area contributed by atoms with Crippen LogP contribution in [0, 0.1) is 6.92 Å². The SMILES string of the molecule is Cc1sc(Br)cc1S(=O)(=O)NC(C)c1cccc(Cl)c1. The van der Waals surface area contributed by atoms with Gasteiger partial charge in [-0.15, -0.1) is 11.3 Å². The van der Waals surface area contributed by atoms with E-state index in [1.54, 1.807) is 38.1 Å². The number of hydrogen-bond donors (Lipinski definition) is 1. The second-order valence-electron chi connectivity index (χ2n) is 4.37. The summed E-state index contributed by atoms with van der Waals surface area (Å²) in [5, 5.41) is 0.586. The molecule has 1 unspecified atom stereocenters. The molecule has 1 N–H and O–H groups in total. The van der Waals surface area contributed by atoms with Gasteiger partial charge in [0, 0.05) is 15.9 Å². The fraction of sp³-hybridized carbons (Fsp3) is 0.231. The number of sulfonamides is 1. The number of benzene rings is 1. The number of thiophene rings is 1. The van der Waals surface area contributed by atoms with E-state index >= 15 is 0 Å². The van der Waals surface area contributed by atoms with E-state index < -0.39 is 10.0 Å². The Morgan fingerprint density at radius 1 is 1.35 bits per heavy atom. The Bertz CT molecular complexity index is 728. The molecule has 0 fully saturated rings. The fourth-order valence-corrected chi connectivity index (χ4v) is 5.68. The van der Waals surface area contributed by atoms with Gasteiger partial charge in [-0.3, -0.25) is 0 Å². The van der Waals surface area contributed by atoms with Crippen molar-refractivity contribution in [3.63, 3.8) is 0 Å². The zero-order valence-electron chi connectivity index (χ0n) is 10.9. The minimum atomic E-state index is -3.54. The molecule has 0 saturated heterocycles. The lowest BCUT2D eigenvalue weighted by atomic mass is 10.1. The van der Waals surface area contributed by atoms with Gasteiger partial charge in [0.2, 0.25) is 10.0 Å². The van der Waals surface area contributed by atoms with Crippen LogP contribution < -0.4 is 4.72 Å². The Labute approximate surface area is 136 Å². The summed E-state index contributed by atoms with van der Waals surface area (Å²) in [6.45, 7) is 3.58. The number of nitrogens with one attached hydrogen (secondary N) is 1. The van der Waals surface area contributed by atoms with Crippen LogP contribution in [0.2, 0.25) is 5.02 Å². The van der Waals surface area contributed by atoms with E-state index in [1.165, 1.54) is 11.3 Å². The number of aryl methyl sites for hydroxylation is 1. The third kappa shape index (κ3) is 3.62. The molecule has 0 saturated carbocycles. The molecule has 2 aromatic rings. The molecular weight excluding hydrogens is 382 g/mol. The average molecular weight is 395 g/mol. The highest BCUT2D eigenvalue weighted by atomic mass is 79.9. The molecule has 3 nitrogen and oxygen atoms in total. The van der Waals surface area contributed by atoms with Crippen LogP contribution >= 0.6 is 38.9 Å². The first-order valence-electron chi connectivity index (χ1n) is 5.83. The molecule has 0 aliphatic carbocycles. The quantitative estimate of drug-likeness (QED) is 0.829. The first-order chi connectivity index (χ1) is 9.29. The molecule has 2 rings (SSSR count). The lowest BCUT2D eigenvalue weighted by Gasteiger charge is -2.14. The van der Waals surface area contributed by atoms with Crippen molar-refractivity contribution in [1.29, 1.82) is 0 Å². The van der Waals surface area contributed by atoms with Crippen LogP contribution in [0.5, 0.6) is 0 Å². The average Bonchev–Trinajstić information content (AvgIpc) is 2.69. The molecule has 0 aliphatic rings. The fourth-order valence-electron chi connectivity index (χ4n) is 1.84. The highest BCUT2D eigenvalue weighted by Gasteiger charge is 2.22. The molecule has 0 spiro atoms. The zero-order chi connectivity index (χ0) is 14.9. The molecule has 0 aliphatic heterocycles. The minimum absolute atomic E-state index is 0.309. The van der Waals surface area contributed by atoms with Gasteiger partial charge in [0.1, 0.15) is 0 Å². The Morgan fingerprint density at radius 2 is 2.05 bits per heavy atom. The van der Waals surface area contributed by atoms with Crippen LogP contribution in [0.1, 0.15) is 23.4 Å². The number of hydrogen-bond acceptors (Lipinski definition) is 3. The van der Waals surface area contributed by atoms with Gasteiger partial charge in [0.15, 0.2) is 0 Å². The molecule has 0 bridgehead atoms. The van der Waals surface area contributed by atoms with Crippen molar-refractivity contribution in [1.82, 2.24) is 4.72 Å². The van der Waals surface area contributed by atoms with E-state index in [0.717, 1.165) is 14.2 Å². The van der Waals surface area contributed by atoms with E-state index in [2.05, 4.69) is 20.7 Å². The first-order valence-corrected chi connectivity index (χ1v) is 9.30. The van der Waals surface area contributed by atoms with Crippen molar-refractivity contribution < 1.29 is 8.42 Å². The topological polar surface area (TPSA) is 46.2 Å². The zero-order valence-corrected chi connectivity index (χ0v) is 14.8. The second-order valence-corrected chi connectivity index (χ2v) is 9.12. The van der Waals surface area contributed by atoms with E-state index in [1.807, 2.05) is 6.07 Å². The van der Waals surface area contributed by atoms with Crippen molar-refractivity contribution in [3.8, 4) is 0 Å². The van der Waals surface area contributed by atoms with Crippen LogP contribution in [0.3, 0.4) is 0 Å². The molecular formula is C13H13BrClNO2S2. The largest absolute Gasteiger partial charge is 0.242 e. The maximum absolute atomic E-state index is 12.4. The molecule has 1 heterocycles. The van der Waals surface area contributed by atoms with Crippen molar-refractivity contribution in [3.05, 3.63) is 49.6 Å². The van der Waals surface area contributed by atoms with Gasteiger partial charge >= 0.3 is 0 Å². The third-order valence-corrected chi connectivity index (χ3v) is 6.40. The molecule has 0 amide bonds. The molecule has 1 aromatic heterocycles. The molecule has 20 heavy (non-hydrogen) atoms. The van der Waals surface area contributed by atoms with Gasteiger partial charge < -0.3 is 0 Å². The van der Waals surface area contributed by atoms with E-state index in [9.17, 15) is 8.42 Å². The highest BCUT2D eigenvalue weighted by molar-refractivity contribution is 9.11. The van der Waals surface area contributed by atoms with Crippen molar-refractivity contribution in [2.75, 3.05) is 0 Å². The van der Waals surface area contributed by atoms with Crippen molar-refractivity contribution in [2.24, 2.45) is 0 Å². The van der Waals surface area contributed by atoms with E-state index in [-0.39, 0.29) is 6.04 Å². The second kappa shape index (κ2) is 6.15. The monoisotopic (exact) mass is 393 g/mol. The summed E-state index contributed by atoms with van der Waals surface area (Å²) in [5.74, 6) is 0. The molecule has 108 valence electrons.